The first-order valence-electron chi connectivity index (χ1n) is 19.3. The minimum absolute atomic E-state index is 0.316. The molecular formula is C52H33N3O2S. The molecule has 0 bridgehead atoms. The average molecular weight is 764 g/mol. The molecule has 9 aromatic rings. The van der Waals surface area contributed by atoms with Crippen molar-refractivity contribution in [3.63, 3.8) is 0 Å². The maximum atomic E-state index is 14.6. The van der Waals surface area contributed by atoms with Crippen LogP contribution in [-0.2, 0) is 15.3 Å². The SMILES string of the molecule is O=S1(=O)c2ccccc2C2(c3ccccc3-c3ccccc3-c3ccc(-c4cc(-c5ccc(-c6cccnc6)cc5)nc(-c5ccccc5)n4)cc32)c2ccccc21. The Morgan fingerprint density at radius 3 is 1.55 bits per heavy atom. The van der Waals surface area contributed by atoms with Crippen LogP contribution < -0.4 is 0 Å². The van der Waals surface area contributed by atoms with Gasteiger partial charge in [-0.25, -0.2) is 18.4 Å². The zero-order valence-corrected chi connectivity index (χ0v) is 31.9. The van der Waals surface area contributed by atoms with E-state index < -0.39 is 15.3 Å². The Balaban J connectivity index is 1.21. The lowest BCUT2D eigenvalue weighted by molar-refractivity contribution is 0.579. The Kier molecular flexibility index (Phi) is 7.71. The monoisotopic (exact) mass is 763 g/mol. The summed E-state index contributed by atoms with van der Waals surface area (Å²) in [4.78, 5) is 15.3. The molecule has 0 atom stereocenters. The quantitative estimate of drug-likeness (QED) is 0.178. The van der Waals surface area contributed by atoms with Crippen molar-refractivity contribution in [2.24, 2.45) is 0 Å². The fourth-order valence-corrected chi connectivity index (χ4v) is 10.9. The molecule has 1 aliphatic carbocycles. The fraction of sp³-hybridized carbons (Fsp3) is 0.0192. The number of nitrogens with zero attached hydrogens (tertiary/aromatic N) is 3. The number of sulfone groups is 1. The number of hydrogen-bond acceptors (Lipinski definition) is 5. The van der Waals surface area contributed by atoms with Crippen molar-refractivity contribution in [3.05, 3.63) is 223 Å². The lowest BCUT2D eigenvalue weighted by atomic mass is 9.63. The van der Waals surface area contributed by atoms with E-state index in [1.54, 1.807) is 18.3 Å². The number of hydrogen-bond donors (Lipinski definition) is 0. The van der Waals surface area contributed by atoms with Gasteiger partial charge in [0.2, 0.25) is 9.84 Å². The highest BCUT2D eigenvalue weighted by molar-refractivity contribution is 7.91. The van der Waals surface area contributed by atoms with Gasteiger partial charge in [-0.2, -0.15) is 0 Å². The van der Waals surface area contributed by atoms with Gasteiger partial charge in [-0.3, -0.25) is 4.98 Å². The zero-order chi connectivity index (χ0) is 38.8. The molecule has 0 amide bonds. The third-order valence-electron chi connectivity index (χ3n) is 11.7. The first-order chi connectivity index (χ1) is 28.5. The summed E-state index contributed by atoms with van der Waals surface area (Å²) < 4.78 is 29.1. The van der Waals surface area contributed by atoms with Crippen molar-refractivity contribution < 1.29 is 8.42 Å². The molecule has 0 fully saturated rings. The second kappa shape index (κ2) is 13.2. The molecule has 2 aliphatic rings. The van der Waals surface area contributed by atoms with Crippen molar-refractivity contribution in [1.29, 1.82) is 0 Å². The number of rotatable bonds is 4. The van der Waals surface area contributed by atoms with Crippen molar-refractivity contribution in [2.45, 2.75) is 15.2 Å². The van der Waals surface area contributed by atoms with Gasteiger partial charge in [-0.15, -0.1) is 0 Å². The van der Waals surface area contributed by atoms with Gasteiger partial charge in [0.05, 0.1) is 26.6 Å². The van der Waals surface area contributed by atoms with Gasteiger partial charge in [-0.1, -0.05) is 158 Å². The van der Waals surface area contributed by atoms with Crippen LogP contribution in [0.15, 0.2) is 210 Å². The highest BCUT2D eigenvalue weighted by Crippen LogP contribution is 2.59. The van der Waals surface area contributed by atoms with Gasteiger partial charge >= 0.3 is 0 Å². The molecule has 58 heavy (non-hydrogen) atoms. The predicted molar refractivity (Wildman–Crippen MR) is 230 cm³/mol. The highest BCUT2D eigenvalue weighted by atomic mass is 32.2. The number of fused-ring (bicyclic) bond motifs is 11. The fourth-order valence-electron chi connectivity index (χ4n) is 9.08. The van der Waals surface area contributed by atoms with Crippen molar-refractivity contribution >= 4 is 9.84 Å². The first-order valence-corrected chi connectivity index (χ1v) is 20.7. The summed E-state index contributed by atoms with van der Waals surface area (Å²) in [5.74, 6) is 0.615. The standard InChI is InChI=1S/C52H33N3O2S/c56-58(57)49-22-10-8-20-44(49)52(45-21-9-11-23-50(45)58)43-19-7-6-18-41(43)39-16-4-5-17-40(39)42-29-28-37(31-46(42)52)48-32-47(54-51(55-48)36-13-2-1-3-14-36)35-26-24-34(25-27-35)38-15-12-30-53-33-38/h1-33H. The summed E-state index contributed by atoms with van der Waals surface area (Å²) in [6.45, 7) is 0. The van der Waals surface area contributed by atoms with E-state index in [1.807, 2.05) is 79.0 Å². The molecule has 2 aromatic heterocycles. The summed E-state index contributed by atoms with van der Waals surface area (Å²) in [5, 5.41) is 0. The molecule has 1 spiro atoms. The molecule has 11 rings (SSSR count). The molecular weight excluding hydrogens is 731 g/mol. The molecule has 6 heteroatoms. The van der Waals surface area contributed by atoms with Crippen molar-refractivity contribution in [1.82, 2.24) is 15.0 Å². The minimum Gasteiger partial charge on any atom is -0.264 e. The van der Waals surface area contributed by atoms with Gasteiger partial charge in [-0.05, 0) is 86.0 Å². The van der Waals surface area contributed by atoms with Crippen molar-refractivity contribution in [3.8, 4) is 67.3 Å². The molecule has 0 unspecified atom stereocenters. The van der Waals surface area contributed by atoms with Crippen LogP contribution in [0.4, 0.5) is 0 Å². The number of pyridine rings is 1. The highest BCUT2D eigenvalue weighted by Gasteiger charge is 2.51. The van der Waals surface area contributed by atoms with Crippen molar-refractivity contribution in [2.75, 3.05) is 0 Å². The molecule has 5 nitrogen and oxygen atoms in total. The van der Waals surface area contributed by atoms with Crippen LogP contribution in [0.1, 0.15) is 22.3 Å². The van der Waals surface area contributed by atoms with Crippen LogP contribution in [0, 0.1) is 0 Å². The van der Waals surface area contributed by atoms with E-state index in [2.05, 4.69) is 108 Å². The van der Waals surface area contributed by atoms with Crippen LogP contribution >= 0.6 is 0 Å². The molecule has 7 aromatic carbocycles. The van der Waals surface area contributed by atoms with Gasteiger partial charge in [0.1, 0.15) is 0 Å². The maximum Gasteiger partial charge on any atom is 0.207 e. The molecule has 274 valence electrons. The summed E-state index contributed by atoms with van der Waals surface area (Å²) >= 11 is 0. The van der Waals surface area contributed by atoms with E-state index >= 15 is 0 Å². The molecule has 0 N–H and O–H groups in total. The van der Waals surface area contributed by atoms with E-state index in [1.165, 1.54) is 0 Å². The smallest absolute Gasteiger partial charge is 0.207 e. The summed E-state index contributed by atoms with van der Waals surface area (Å²) in [5.41, 5.74) is 13.2. The Bertz CT molecular complexity index is 3130. The van der Waals surface area contributed by atoms with Gasteiger partial charge in [0, 0.05) is 29.1 Å². The Labute approximate surface area is 337 Å². The molecule has 0 saturated heterocycles. The molecule has 0 radical (unpaired) electrons. The Hall–Kier alpha value is -7.28. The van der Waals surface area contributed by atoms with Crippen LogP contribution in [0.3, 0.4) is 0 Å². The van der Waals surface area contributed by atoms with Gasteiger partial charge in [0.25, 0.3) is 0 Å². The lowest BCUT2D eigenvalue weighted by Crippen LogP contribution is -2.38. The number of aromatic nitrogens is 3. The molecule has 1 aliphatic heterocycles. The van der Waals surface area contributed by atoms with E-state index in [0.29, 0.717) is 15.6 Å². The second-order valence-corrected chi connectivity index (χ2v) is 16.6. The zero-order valence-electron chi connectivity index (χ0n) is 31.1. The van der Waals surface area contributed by atoms with E-state index in [0.717, 1.165) is 83.7 Å². The van der Waals surface area contributed by atoms with E-state index in [4.69, 9.17) is 9.97 Å². The first kappa shape index (κ1) is 34.0. The van der Waals surface area contributed by atoms with Crippen LogP contribution in [0.5, 0.6) is 0 Å². The Morgan fingerprint density at radius 1 is 0.379 bits per heavy atom. The minimum atomic E-state index is -3.84. The normalized spacial score (nSPS) is 13.9. The van der Waals surface area contributed by atoms with Crippen LogP contribution in [-0.4, -0.2) is 23.4 Å². The topological polar surface area (TPSA) is 72.8 Å². The molecule has 3 heterocycles. The third-order valence-corrected chi connectivity index (χ3v) is 13.5. The average Bonchev–Trinajstić information content (AvgIpc) is 3.40. The summed E-state index contributed by atoms with van der Waals surface area (Å²) in [7, 11) is -3.84. The largest absolute Gasteiger partial charge is 0.264 e. The van der Waals surface area contributed by atoms with Gasteiger partial charge in [0.15, 0.2) is 5.82 Å². The second-order valence-electron chi connectivity index (χ2n) is 14.7. The lowest BCUT2D eigenvalue weighted by Gasteiger charge is -2.42. The van der Waals surface area contributed by atoms with Crippen LogP contribution in [0.2, 0.25) is 0 Å². The number of benzene rings is 7. The van der Waals surface area contributed by atoms with E-state index in [-0.39, 0.29) is 0 Å². The Morgan fingerprint density at radius 2 is 0.897 bits per heavy atom. The maximum absolute atomic E-state index is 14.6. The summed E-state index contributed by atoms with van der Waals surface area (Å²) in [6, 6.07) is 63.1. The van der Waals surface area contributed by atoms with Gasteiger partial charge < -0.3 is 0 Å². The third kappa shape index (κ3) is 5.08. The predicted octanol–water partition coefficient (Wildman–Crippen LogP) is 11.7. The van der Waals surface area contributed by atoms with Crippen LogP contribution in [0.25, 0.3) is 67.3 Å². The molecule has 0 saturated carbocycles. The summed E-state index contributed by atoms with van der Waals surface area (Å²) in [6.07, 6.45) is 3.65. The van der Waals surface area contributed by atoms with E-state index in [9.17, 15) is 8.42 Å².